The molecule has 2 fully saturated rings. The van der Waals surface area contributed by atoms with Crippen LogP contribution in [0, 0.1) is 5.92 Å². The summed E-state index contributed by atoms with van der Waals surface area (Å²) in [4.78, 5) is 11.6. The fourth-order valence-corrected chi connectivity index (χ4v) is 2.24. The summed E-state index contributed by atoms with van der Waals surface area (Å²) in [5.74, 6) is 0.683. The number of ether oxygens (including phenoxy) is 1. The van der Waals surface area contributed by atoms with Gasteiger partial charge < -0.3 is 15.4 Å². The predicted molar refractivity (Wildman–Crippen MR) is 57.6 cm³/mol. The van der Waals surface area contributed by atoms with E-state index < -0.39 is 0 Å². The van der Waals surface area contributed by atoms with Crippen molar-refractivity contribution in [1.29, 1.82) is 0 Å². The first-order valence-corrected chi connectivity index (χ1v) is 5.96. The molecule has 2 heterocycles. The summed E-state index contributed by atoms with van der Waals surface area (Å²) in [5.41, 5.74) is 0. The minimum atomic E-state index is -0.179. The third kappa shape index (κ3) is 3.18. The number of carbonyl (C=O) groups excluding carboxylic acids is 1. The van der Waals surface area contributed by atoms with Crippen LogP contribution >= 0.6 is 0 Å². The van der Waals surface area contributed by atoms with E-state index in [1.54, 1.807) is 0 Å². The molecule has 2 aliphatic rings. The third-order valence-electron chi connectivity index (χ3n) is 3.19. The SMILES string of the molecule is O=C(NCC1CCCNC1)C1CCCO1. The summed E-state index contributed by atoms with van der Waals surface area (Å²) in [5, 5.41) is 6.34. The summed E-state index contributed by atoms with van der Waals surface area (Å²) in [6, 6.07) is 0. The zero-order chi connectivity index (χ0) is 10.5. The molecule has 86 valence electrons. The first kappa shape index (κ1) is 10.9. The molecule has 2 atom stereocenters. The average Bonchev–Trinajstić information content (AvgIpc) is 2.81. The molecule has 2 saturated heterocycles. The Kier molecular flexibility index (Phi) is 3.97. The first-order valence-electron chi connectivity index (χ1n) is 5.96. The number of amides is 1. The fourth-order valence-electron chi connectivity index (χ4n) is 2.24. The lowest BCUT2D eigenvalue weighted by Gasteiger charge is -2.23. The van der Waals surface area contributed by atoms with E-state index in [0.29, 0.717) is 5.92 Å². The van der Waals surface area contributed by atoms with Crippen molar-refractivity contribution in [3.8, 4) is 0 Å². The van der Waals surface area contributed by atoms with Crippen LogP contribution in [-0.2, 0) is 9.53 Å². The molecule has 0 radical (unpaired) electrons. The van der Waals surface area contributed by atoms with Crippen LogP contribution in [0.3, 0.4) is 0 Å². The van der Waals surface area contributed by atoms with Gasteiger partial charge in [0.2, 0.25) is 5.91 Å². The number of hydrogen-bond donors (Lipinski definition) is 2. The molecule has 2 unspecified atom stereocenters. The van der Waals surface area contributed by atoms with Crippen LogP contribution < -0.4 is 10.6 Å². The highest BCUT2D eigenvalue weighted by Gasteiger charge is 2.24. The van der Waals surface area contributed by atoms with Gasteiger partial charge in [-0.05, 0) is 44.7 Å². The second-order valence-corrected chi connectivity index (χ2v) is 4.46. The van der Waals surface area contributed by atoms with Gasteiger partial charge in [-0.1, -0.05) is 0 Å². The van der Waals surface area contributed by atoms with E-state index in [4.69, 9.17) is 4.74 Å². The molecule has 0 aromatic heterocycles. The van der Waals surface area contributed by atoms with Gasteiger partial charge in [0, 0.05) is 13.2 Å². The Morgan fingerprint density at radius 1 is 1.40 bits per heavy atom. The van der Waals surface area contributed by atoms with E-state index in [0.717, 1.165) is 39.1 Å². The smallest absolute Gasteiger partial charge is 0.249 e. The molecule has 2 aliphatic heterocycles. The second kappa shape index (κ2) is 5.47. The highest BCUT2D eigenvalue weighted by Crippen LogP contribution is 2.13. The molecule has 2 N–H and O–H groups in total. The Morgan fingerprint density at radius 3 is 3.00 bits per heavy atom. The van der Waals surface area contributed by atoms with Gasteiger partial charge in [0.25, 0.3) is 0 Å². The van der Waals surface area contributed by atoms with Crippen molar-refractivity contribution in [2.75, 3.05) is 26.2 Å². The predicted octanol–water partition coefficient (Wildman–Crippen LogP) is 0.281. The lowest BCUT2D eigenvalue weighted by Crippen LogP contribution is -2.41. The van der Waals surface area contributed by atoms with E-state index in [2.05, 4.69) is 10.6 Å². The Bertz CT molecular complexity index is 209. The Labute approximate surface area is 90.8 Å². The van der Waals surface area contributed by atoms with Crippen LogP contribution in [0.15, 0.2) is 0 Å². The molecule has 0 aromatic rings. The molecular formula is C11H20N2O2. The van der Waals surface area contributed by atoms with E-state index >= 15 is 0 Å². The highest BCUT2D eigenvalue weighted by molar-refractivity contribution is 5.80. The van der Waals surface area contributed by atoms with E-state index in [-0.39, 0.29) is 12.0 Å². The lowest BCUT2D eigenvalue weighted by atomic mass is 10.00. The molecule has 0 aliphatic carbocycles. The standard InChI is InChI=1S/C11H20N2O2/c14-11(10-4-2-6-15-10)13-8-9-3-1-5-12-7-9/h9-10,12H,1-8H2,(H,13,14). The van der Waals surface area contributed by atoms with Gasteiger partial charge in [0.15, 0.2) is 0 Å². The summed E-state index contributed by atoms with van der Waals surface area (Å²) < 4.78 is 5.33. The number of carbonyl (C=O) groups is 1. The minimum Gasteiger partial charge on any atom is -0.368 e. The number of rotatable bonds is 3. The molecule has 4 heteroatoms. The molecule has 1 amide bonds. The summed E-state index contributed by atoms with van der Waals surface area (Å²) >= 11 is 0. The van der Waals surface area contributed by atoms with Crippen molar-refractivity contribution in [3.63, 3.8) is 0 Å². The quantitative estimate of drug-likeness (QED) is 0.706. The molecule has 15 heavy (non-hydrogen) atoms. The van der Waals surface area contributed by atoms with E-state index in [9.17, 15) is 4.79 Å². The van der Waals surface area contributed by atoms with Crippen LogP contribution in [0.5, 0.6) is 0 Å². The maximum Gasteiger partial charge on any atom is 0.249 e. The maximum absolute atomic E-state index is 11.6. The number of hydrogen-bond acceptors (Lipinski definition) is 3. The van der Waals surface area contributed by atoms with Crippen molar-refractivity contribution < 1.29 is 9.53 Å². The van der Waals surface area contributed by atoms with Gasteiger partial charge in [-0.3, -0.25) is 4.79 Å². The van der Waals surface area contributed by atoms with Crippen LogP contribution in [-0.4, -0.2) is 38.3 Å². The van der Waals surface area contributed by atoms with Crippen molar-refractivity contribution in [1.82, 2.24) is 10.6 Å². The molecule has 0 aromatic carbocycles. The Morgan fingerprint density at radius 2 is 2.33 bits per heavy atom. The zero-order valence-corrected chi connectivity index (χ0v) is 9.13. The van der Waals surface area contributed by atoms with Gasteiger partial charge in [-0.25, -0.2) is 0 Å². The lowest BCUT2D eigenvalue weighted by molar-refractivity contribution is -0.130. The molecule has 2 rings (SSSR count). The topological polar surface area (TPSA) is 50.4 Å². The second-order valence-electron chi connectivity index (χ2n) is 4.46. The van der Waals surface area contributed by atoms with Crippen LogP contribution in [0.1, 0.15) is 25.7 Å². The Balaban J connectivity index is 1.65. The molecule has 0 bridgehead atoms. The Hall–Kier alpha value is -0.610. The van der Waals surface area contributed by atoms with Gasteiger partial charge >= 0.3 is 0 Å². The van der Waals surface area contributed by atoms with E-state index in [1.165, 1.54) is 12.8 Å². The van der Waals surface area contributed by atoms with Crippen LogP contribution in [0.4, 0.5) is 0 Å². The minimum absolute atomic E-state index is 0.0815. The van der Waals surface area contributed by atoms with Gasteiger partial charge in [0.1, 0.15) is 6.10 Å². The number of nitrogens with one attached hydrogen (secondary N) is 2. The van der Waals surface area contributed by atoms with Crippen molar-refractivity contribution in [3.05, 3.63) is 0 Å². The highest BCUT2D eigenvalue weighted by atomic mass is 16.5. The van der Waals surface area contributed by atoms with Crippen molar-refractivity contribution in [2.45, 2.75) is 31.8 Å². The normalized spacial score (nSPS) is 31.5. The maximum atomic E-state index is 11.6. The average molecular weight is 212 g/mol. The van der Waals surface area contributed by atoms with Crippen LogP contribution in [0.2, 0.25) is 0 Å². The van der Waals surface area contributed by atoms with Gasteiger partial charge in [-0.2, -0.15) is 0 Å². The van der Waals surface area contributed by atoms with E-state index in [1.807, 2.05) is 0 Å². The number of piperidine rings is 1. The summed E-state index contributed by atoms with van der Waals surface area (Å²) in [6.45, 7) is 3.69. The largest absolute Gasteiger partial charge is 0.368 e. The molecule has 0 saturated carbocycles. The molecular weight excluding hydrogens is 192 g/mol. The molecule has 0 spiro atoms. The van der Waals surface area contributed by atoms with Crippen molar-refractivity contribution in [2.24, 2.45) is 5.92 Å². The summed E-state index contributed by atoms with van der Waals surface area (Å²) in [7, 11) is 0. The van der Waals surface area contributed by atoms with Gasteiger partial charge in [0.05, 0.1) is 0 Å². The summed E-state index contributed by atoms with van der Waals surface area (Å²) in [6.07, 6.45) is 4.17. The third-order valence-corrected chi connectivity index (χ3v) is 3.19. The monoisotopic (exact) mass is 212 g/mol. The fraction of sp³-hybridized carbons (Fsp3) is 0.909. The van der Waals surface area contributed by atoms with Crippen LogP contribution in [0.25, 0.3) is 0 Å². The zero-order valence-electron chi connectivity index (χ0n) is 9.13. The molecule has 4 nitrogen and oxygen atoms in total. The van der Waals surface area contributed by atoms with Gasteiger partial charge in [-0.15, -0.1) is 0 Å². The van der Waals surface area contributed by atoms with Crippen molar-refractivity contribution >= 4 is 5.91 Å². The first-order chi connectivity index (χ1) is 7.36.